The van der Waals surface area contributed by atoms with Crippen LogP contribution < -0.4 is 0 Å². The van der Waals surface area contributed by atoms with E-state index in [1.54, 1.807) is 11.8 Å². The number of carbonyl (C=O) groups is 1. The molecular weight excluding hydrogens is 248 g/mol. The number of aliphatic hydroxyl groups is 1. The molecule has 1 aromatic carbocycles. The summed E-state index contributed by atoms with van der Waals surface area (Å²) in [5.41, 5.74) is 0.913. The highest BCUT2D eigenvalue weighted by Crippen LogP contribution is 2.23. The lowest BCUT2D eigenvalue weighted by Gasteiger charge is -2.23. The first-order valence-electron chi connectivity index (χ1n) is 6.21. The second-order valence-corrected chi connectivity index (χ2v) is 4.74. The summed E-state index contributed by atoms with van der Waals surface area (Å²) in [6.45, 7) is 2.19. The van der Waals surface area contributed by atoms with Crippen molar-refractivity contribution >= 4 is 11.6 Å². The third kappa shape index (κ3) is 2.58. The Kier molecular flexibility index (Phi) is 3.80. The predicted octanol–water partition coefficient (Wildman–Crippen LogP) is 1.50. The number of benzene rings is 1. The Balaban J connectivity index is 2.25. The van der Waals surface area contributed by atoms with Gasteiger partial charge in [-0.2, -0.15) is 0 Å². The van der Waals surface area contributed by atoms with Crippen LogP contribution in [0, 0.1) is 17.0 Å². The molecule has 1 amide bonds. The van der Waals surface area contributed by atoms with Gasteiger partial charge in [0.05, 0.1) is 17.6 Å². The summed E-state index contributed by atoms with van der Waals surface area (Å²) in [7, 11) is 0. The van der Waals surface area contributed by atoms with E-state index < -0.39 is 4.92 Å². The van der Waals surface area contributed by atoms with E-state index in [1.165, 1.54) is 18.2 Å². The molecule has 1 fully saturated rings. The van der Waals surface area contributed by atoms with Crippen LogP contribution in [0.2, 0.25) is 0 Å². The smallest absolute Gasteiger partial charge is 0.272 e. The van der Waals surface area contributed by atoms with Crippen LogP contribution in [0.15, 0.2) is 18.2 Å². The zero-order valence-electron chi connectivity index (χ0n) is 10.7. The molecule has 102 valence electrons. The van der Waals surface area contributed by atoms with Gasteiger partial charge in [-0.3, -0.25) is 14.9 Å². The number of likely N-dealkylation sites (tertiary alicyclic amines) is 1. The largest absolute Gasteiger partial charge is 0.394 e. The lowest BCUT2D eigenvalue weighted by Crippen LogP contribution is -2.37. The Morgan fingerprint density at radius 2 is 2.32 bits per heavy atom. The van der Waals surface area contributed by atoms with E-state index in [9.17, 15) is 20.0 Å². The van der Waals surface area contributed by atoms with Crippen molar-refractivity contribution in [2.75, 3.05) is 13.2 Å². The normalized spacial score (nSPS) is 18.6. The molecule has 1 N–H and O–H groups in total. The Hall–Kier alpha value is -1.95. The van der Waals surface area contributed by atoms with Crippen LogP contribution in [0.25, 0.3) is 0 Å². The van der Waals surface area contributed by atoms with Gasteiger partial charge in [0.15, 0.2) is 0 Å². The zero-order valence-corrected chi connectivity index (χ0v) is 10.7. The first-order chi connectivity index (χ1) is 9.04. The zero-order chi connectivity index (χ0) is 14.0. The number of hydrogen-bond acceptors (Lipinski definition) is 4. The Labute approximate surface area is 110 Å². The molecule has 1 saturated heterocycles. The fourth-order valence-electron chi connectivity index (χ4n) is 2.45. The predicted molar refractivity (Wildman–Crippen MR) is 69.0 cm³/mol. The molecule has 19 heavy (non-hydrogen) atoms. The second-order valence-electron chi connectivity index (χ2n) is 4.74. The summed E-state index contributed by atoms with van der Waals surface area (Å²) in [5, 5.41) is 20.0. The third-order valence-corrected chi connectivity index (χ3v) is 3.49. The van der Waals surface area contributed by atoms with Crippen molar-refractivity contribution in [1.82, 2.24) is 4.90 Å². The maximum Gasteiger partial charge on any atom is 0.272 e. The minimum absolute atomic E-state index is 0.0108. The van der Waals surface area contributed by atoms with E-state index >= 15 is 0 Å². The monoisotopic (exact) mass is 264 g/mol. The van der Waals surface area contributed by atoms with Gasteiger partial charge < -0.3 is 10.0 Å². The molecule has 2 rings (SSSR count). The highest BCUT2D eigenvalue weighted by Gasteiger charge is 2.29. The Morgan fingerprint density at radius 3 is 2.89 bits per heavy atom. The lowest BCUT2D eigenvalue weighted by molar-refractivity contribution is -0.385. The van der Waals surface area contributed by atoms with Crippen molar-refractivity contribution in [2.45, 2.75) is 25.8 Å². The molecule has 1 unspecified atom stereocenters. The number of nitro groups is 1. The van der Waals surface area contributed by atoms with Crippen molar-refractivity contribution in [3.8, 4) is 0 Å². The second kappa shape index (κ2) is 5.36. The van der Waals surface area contributed by atoms with Crippen LogP contribution >= 0.6 is 0 Å². The molecule has 0 spiro atoms. The van der Waals surface area contributed by atoms with Gasteiger partial charge in [-0.1, -0.05) is 0 Å². The first kappa shape index (κ1) is 13.5. The van der Waals surface area contributed by atoms with Crippen LogP contribution in [0.3, 0.4) is 0 Å². The number of nitrogens with zero attached hydrogens (tertiary/aromatic N) is 2. The Bertz CT molecular complexity index is 515. The minimum Gasteiger partial charge on any atom is -0.394 e. The third-order valence-electron chi connectivity index (χ3n) is 3.49. The summed E-state index contributed by atoms with van der Waals surface area (Å²) in [4.78, 5) is 24.2. The van der Waals surface area contributed by atoms with E-state index in [4.69, 9.17) is 0 Å². The SMILES string of the molecule is Cc1cc(C(=O)N2CCCC2CO)ccc1[N+](=O)[O-]. The van der Waals surface area contributed by atoms with Crippen LogP contribution in [0.5, 0.6) is 0 Å². The van der Waals surface area contributed by atoms with E-state index in [-0.39, 0.29) is 24.2 Å². The number of aryl methyl sites for hydroxylation is 1. The van der Waals surface area contributed by atoms with Crippen LogP contribution in [-0.2, 0) is 0 Å². The van der Waals surface area contributed by atoms with Crippen molar-refractivity contribution in [1.29, 1.82) is 0 Å². The van der Waals surface area contributed by atoms with Crippen LogP contribution in [-0.4, -0.2) is 40.0 Å². The van der Waals surface area contributed by atoms with Gasteiger partial charge in [-0.05, 0) is 31.9 Å². The number of amides is 1. The van der Waals surface area contributed by atoms with Gasteiger partial charge in [0.2, 0.25) is 0 Å². The number of carbonyl (C=O) groups excluding carboxylic acids is 1. The molecule has 0 aromatic heterocycles. The summed E-state index contributed by atoms with van der Waals surface area (Å²) in [6.07, 6.45) is 1.68. The number of nitro benzene ring substituents is 1. The highest BCUT2D eigenvalue weighted by molar-refractivity contribution is 5.95. The lowest BCUT2D eigenvalue weighted by atomic mass is 10.1. The minimum atomic E-state index is -0.462. The molecule has 1 aliphatic heterocycles. The van der Waals surface area contributed by atoms with Crippen molar-refractivity contribution in [3.05, 3.63) is 39.4 Å². The van der Waals surface area contributed by atoms with Crippen molar-refractivity contribution in [2.24, 2.45) is 0 Å². The van der Waals surface area contributed by atoms with Gasteiger partial charge >= 0.3 is 0 Å². The molecule has 1 aliphatic rings. The number of aliphatic hydroxyl groups excluding tert-OH is 1. The molecule has 0 bridgehead atoms. The van der Waals surface area contributed by atoms with Crippen molar-refractivity contribution in [3.63, 3.8) is 0 Å². The highest BCUT2D eigenvalue weighted by atomic mass is 16.6. The fourth-order valence-corrected chi connectivity index (χ4v) is 2.45. The standard InChI is InChI=1S/C13H16N2O4/c1-9-7-10(4-5-12(9)15(18)19)13(17)14-6-2-3-11(14)8-16/h4-5,7,11,16H,2-3,6,8H2,1H3. The van der Waals surface area contributed by atoms with E-state index in [0.717, 1.165) is 12.8 Å². The van der Waals surface area contributed by atoms with Crippen LogP contribution in [0.1, 0.15) is 28.8 Å². The summed E-state index contributed by atoms with van der Waals surface area (Å²) >= 11 is 0. The first-order valence-corrected chi connectivity index (χ1v) is 6.21. The average molecular weight is 264 g/mol. The molecule has 0 radical (unpaired) electrons. The van der Waals surface area contributed by atoms with E-state index in [0.29, 0.717) is 17.7 Å². The van der Waals surface area contributed by atoms with Crippen molar-refractivity contribution < 1.29 is 14.8 Å². The number of hydrogen-bond donors (Lipinski definition) is 1. The molecule has 6 nitrogen and oxygen atoms in total. The van der Waals surface area contributed by atoms with Crippen LogP contribution in [0.4, 0.5) is 5.69 Å². The van der Waals surface area contributed by atoms with E-state index in [1.807, 2.05) is 0 Å². The molecule has 0 aliphatic carbocycles. The van der Waals surface area contributed by atoms with Gasteiger partial charge in [0.1, 0.15) is 0 Å². The Morgan fingerprint density at radius 1 is 1.58 bits per heavy atom. The summed E-state index contributed by atoms with van der Waals surface area (Å²) in [6, 6.07) is 4.23. The molecule has 1 atom stereocenters. The fraction of sp³-hybridized carbons (Fsp3) is 0.462. The summed E-state index contributed by atoms with van der Waals surface area (Å²) in [5.74, 6) is -0.172. The summed E-state index contributed by atoms with van der Waals surface area (Å²) < 4.78 is 0. The van der Waals surface area contributed by atoms with Gasteiger partial charge in [0.25, 0.3) is 11.6 Å². The maximum atomic E-state index is 12.3. The molecule has 6 heteroatoms. The van der Waals surface area contributed by atoms with Gasteiger partial charge in [-0.15, -0.1) is 0 Å². The number of rotatable bonds is 3. The average Bonchev–Trinajstić information content (AvgIpc) is 2.85. The maximum absolute atomic E-state index is 12.3. The van der Waals surface area contributed by atoms with E-state index in [2.05, 4.69) is 0 Å². The molecule has 0 saturated carbocycles. The quantitative estimate of drug-likeness (QED) is 0.662. The topological polar surface area (TPSA) is 83.7 Å². The van der Waals surface area contributed by atoms with Gasteiger partial charge in [-0.25, -0.2) is 0 Å². The molecule has 1 heterocycles. The van der Waals surface area contributed by atoms with Gasteiger partial charge in [0, 0.05) is 23.7 Å². The molecular formula is C13H16N2O4. The molecule has 1 aromatic rings.